The molecule has 0 aliphatic carbocycles. The second kappa shape index (κ2) is 7.40. The van der Waals surface area contributed by atoms with E-state index in [1.165, 1.54) is 30.3 Å². The molecular weight excluding hydrogens is 356 g/mol. The molecular formula is C18H16N2O5S. The van der Waals surface area contributed by atoms with Crippen molar-refractivity contribution in [3.8, 4) is 0 Å². The molecule has 0 spiro atoms. The molecule has 1 amide bonds. The highest BCUT2D eigenvalue weighted by atomic mass is 32.2. The highest BCUT2D eigenvalue weighted by Gasteiger charge is 2.21. The third-order valence-corrected chi connectivity index (χ3v) is 5.13. The van der Waals surface area contributed by atoms with E-state index in [1.807, 2.05) is 0 Å². The lowest BCUT2D eigenvalue weighted by molar-refractivity contribution is 0.155. The Hall–Kier alpha value is -3.13. The van der Waals surface area contributed by atoms with Crippen molar-refractivity contribution >= 4 is 21.6 Å². The second-order valence-electron chi connectivity index (χ2n) is 5.46. The van der Waals surface area contributed by atoms with Crippen LogP contribution < -0.4 is 5.32 Å². The lowest BCUT2D eigenvalue weighted by Gasteiger charge is -2.08. The number of nitrogens with one attached hydrogen (secondary N) is 1. The van der Waals surface area contributed by atoms with E-state index in [1.54, 1.807) is 37.5 Å². The summed E-state index contributed by atoms with van der Waals surface area (Å²) >= 11 is 0. The summed E-state index contributed by atoms with van der Waals surface area (Å²) in [7, 11) is -3.73. The van der Waals surface area contributed by atoms with E-state index < -0.39 is 15.9 Å². The van der Waals surface area contributed by atoms with Crippen molar-refractivity contribution in [1.82, 2.24) is 4.98 Å². The van der Waals surface area contributed by atoms with Gasteiger partial charge in [-0.25, -0.2) is 13.2 Å². The minimum Gasteiger partial charge on any atom is -0.450 e. The molecule has 0 radical (unpaired) electrons. The summed E-state index contributed by atoms with van der Waals surface area (Å²) in [5, 5.41) is 2.42. The van der Waals surface area contributed by atoms with Gasteiger partial charge in [-0.2, -0.15) is 0 Å². The molecule has 2 heterocycles. The Morgan fingerprint density at radius 2 is 1.92 bits per heavy atom. The molecule has 1 aromatic carbocycles. The van der Waals surface area contributed by atoms with Crippen LogP contribution in [0.3, 0.4) is 0 Å². The summed E-state index contributed by atoms with van der Waals surface area (Å²) in [4.78, 5) is 15.8. The zero-order chi connectivity index (χ0) is 18.6. The van der Waals surface area contributed by atoms with E-state index in [0.29, 0.717) is 11.4 Å². The quantitative estimate of drug-likeness (QED) is 0.735. The molecule has 134 valence electrons. The van der Waals surface area contributed by atoms with E-state index in [2.05, 4.69) is 10.3 Å². The number of nitrogens with zero attached hydrogens (tertiary/aromatic N) is 1. The number of hydrogen-bond acceptors (Lipinski definition) is 6. The molecule has 2 aromatic heterocycles. The molecule has 3 rings (SSSR count). The smallest absolute Gasteiger partial charge is 0.411 e. The first kappa shape index (κ1) is 17.7. The summed E-state index contributed by atoms with van der Waals surface area (Å²) in [6.45, 7) is 1.76. The Morgan fingerprint density at radius 1 is 1.15 bits per heavy atom. The fraction of sp³-hybridized carbons (Fsp3) is 0.111. The number of rotatable bonds is 5. The van der Waals surface area contributed by atoms with Gasteiger partial charge in [0.25, 0.3) is 0 Å². The van der Waals surface area contributed by atoms with Crippen LogP contribution >= 0.6 is 0 Å². The van der Waals surface area contributed by atoms with Crippen molar-refractivity contribution in [2.75, 3.05) is 5.32 Å². The maximum absolute atomic E-state index is 12.4. The van der Waals surface area contributed by atoms with Crippen molar-refractivity contribution in [2.24, 2.45) is 0 Å². The van der Waals surface area contributed by atoms with Gasteiger partial charge in [-0.1, -0.05) is 6.07 Å². The van der Waals surface area contributed by atoms with Gasteiger partial charge in [-0.3, -0.25) is 10.3 Å². The molecule has 0 atom stereocenters. The first-order valence-electron chi connectivity index (χ1n) is 7.69. The average molecular weight is 372 g/mol. The minimum atomic E-state index is -3.73. The van der Waals surface area contributed by atoms with Gasteiger partial charge in [-0.15, -0.1) is 0 Å². The van der Waals surface area contributed by atoms with Gasteiger partial charge in [0.05, 0.1) is 4.90 Å². The van der Waals surface area contributed by atoms with Gasteiger partial charge in [0.2, 0.25) is 14.9 Å². The van der Waals surface area contributed by atoms with Crippen molar-refractivity contribution in [3.63, 3.8) is 0 Å². The normalized spacial score (nSPS) is 11.1. The number of sulfone groups is 1. The van der Waals surface area contributed by atoms with Crippen LogP contribution in [0, 0.1) is 6.92 Å². The van der Waals surface area contributed by atoms with Gasteiger partial charge >= 0.3 is 6.09 Å². The summed E-state index contributed by atoms with van der Waals surface area (Å²) in [5.74, 6) is 0.512. The number of ether oxygens (including phenoxy) is 1. The zero-order valence-corrected chi connectivity index (χ0v) is 14.7. The van der Waals surface area contributed by atoms with Crippen LogP contribution in [0.25, 0.3) is 0 Å². The van der Waals surface area contributed by atoms with Crippen LogP contribution in [0.2, 0.25) is 0 Å². The number of benzene rings is 1. The topological polar surface area (TPSA) is 98.5 Å². The molecule has 26 heavy (non-hydrogen) atoms. The highest BCUT2D eigenvalue weighted by Crippen LogP contribution is 2.24. The van der Waals surface area contributed by atoms with Gasteiger partial charge in [-0.05, 0) is 49.4 Å². The number of aromatic nitrogens is 1. The van der Waals surface area contributed by atoms with Crippen molar-refractivity contribution < 1.29 is 22.4 Å². The molecule has 0 unspecified atom stereocenters. The first-order valence-corrected chi connectivity index (χ1v) is 9.18. The van der Waals surface area contributed by atoms with Gasteiger partial charge in [0.1, 0.15) is 12.4 Å². The lowest BCUT2D eigenvalue weighted by atomic mass is 10.3. The lowest BCUT2D eigenvalue weighted by Crippen LogP contribution is -2.13. The number of pyridine rings is 1. The summed E-state index contributed by atoms with van der Waals surface area (Å²) < 4.78 is 35.1. The summed E-state index contributed by atoms with van der Waals surface area (Å²) in [5.41, 5.74) is 1.17. The molecule has 0 bridgehead atoms. The maximum atomic E-state index is 12.4. The minimum absolute atomic E-state index is 0.0705. The Balaban J connectivity index is 1.63. The molecule has 0 fully saturated rings. The fourth-order valence-electron chi connectivity index (χ4n) is 2.18. The van der Waals surface area contributed by atoms with E-state index in [-0.39, 0.29) is 16.6 Å². The average Bonchev–Trinajstić information content (AvgIpc) is 3.09. The standard InChI is InChI=1S/C18H16N2O5S/c1-13-4-9-17(25-13)26(22,23)16-7-5-15(6-8-16)20-18(21)24-12-14-3-2-10-19-11-14/h2-11H,12H2,1H3,(H,20,21). The SMILES string of the molecule is Cc1ccc(S(=O)(=O)c2ccc(NC(=O)OCc3cccnc3)cc2)o1. The molecule has 8 heteroatoms. The Morgan fingerprint density at radius 3 is 2.54 bits per heavy atom. The Labute approximate surface area is 150 Å². The number of aryl methyl sites for hydroxylation is 1. The summed E-state index contributed by atoms with van der Waals surface area (Å²) in [6, 6.07) is 12.3. The fourth-order valence-corrected chi connectivity index (χ4v) is 3.39. The number of hydrogen-bond donors (Lipinski definition) is 1. The van der Waals surface area contributed by atoms with Crippen LogP contribution in [0.4, 0.5) is 10.5 Å². The van der Waals surface area contributed by atoms with Crippen LogP contribution in [0.15, 0.2) is 75.3 Å². The van der Waals surface area contributed by atoms with Crippen molar-refractivity contribution in [1.29, 1.82) is 0 Å². The third kappa shape index (κ3) is 4.09. The number of furan rings is 1. The maximum Gasteiger partial charge on any atom is 0.411 e. The predicted octanol–water partition coefficient (Wildman–Crippen LogP) is 3.56. The molecule has 0 aliphatic heterocycles. The highest BCUT2D eigenvalue weighted by molar-refractivity contribution is 7.91. The first-order chi connectivity index (χ1) is 12.4. The van der Waals surface area contributed by atoms with Crippen LogP contribution in [0.5, 0.6) is 0 Å². The molecule has 0 saturated heterocycles. The van der Waals surface area contributed by atoms with E-state index in [4.69, 9.17) is 9.15 Å². The van der Waals surface area contributed by atoms with Gasteiger partial charge in [0.15, 0.2) is 0 Å². The van der Waals surface area contributed by atoms with E-state index >= 15 is 0 Å². The largest absolute Gasteiger partial charge is 0.450 e. The number of carbonyl (C=O) groups is 1. The Kier molecular flexibility index (Phi) is 5.04. The van der Waals surface area contributed by atoms with Crippen molar-refractivity contribution in [2.45, 2.75) is 23.5 Å². The molecule has 3 aromatic rings. The molecule has 7 nitrogen and oxygen atoms in total. The zero-order valence-electron chi connectivity index (χ0n) is 13.9. The predicted molar refractivity (Wildman–Crippen MR) is 93.4 cm³/mol. The van der Waals surface area contributed by atoms with Crippen molar-refractivity contribution in [3.05, 3.63) is 72.2 Å². The molecule has 1 N–H and O–H groups in total. The van der Waals surface area contributed by atoms with Crippen LogP contribution in [0.1, 0.15) is 11.3 Å². The van der Waals surface area contributed by atoms with E-state index in [9.17, 15) is 13.2 Å². The summed E-state index contributed by atoms with van der Waals surface area (Å²) in [6.07, 6.45) is 2.58. The van der Waals surface area contributed by atoms with E-state index in [0.717, 1.165) is 5.56 Å². The third-order valence-electron chi connectivity index (χ3n) is 3.48. The number of anilines is 1. The number of amides is 1. The molecule has 0 saturated carbocycles. The van der Waals surface area contributed by atoms with Crippen LogP contribution in [-0.4, -0.2) is 19.5 Å². The van der Waals surface area contributed by atoms with Crippen LogP contribution in [-0.2, 0) is 21.2 Å². The number of carbonyl (C=O) groups excluding carboxylic acids is 1. The van der Waals surface area contributed by atoms with Gasteiger partial charge in [0, 0.05) is 23.6 Å². The second-order valence-corrected chi connectivity index (χ2v) is 7.34. The Bertz CT molecular complexity index is 996. The van der Waals surface area contributed by atoms with Gasteiger partial charge < -0.3 is 9.15 Å². The molecule has 0 aliphatic rings. The monoisotopic (exact) mass is 372 g/mol.